The van der Waals surface area contributed by atoms with Crippen LogP contribution in [0.25, 0.3) is 0 Å². The summed E-state index contributed by atoms with van der Waals surface area (Å²) in [6, 6.07) is 13.3. The fourth-order valence-electron chi connectivity index (χ4n) is 3.15. The van der Waals surface area contributed by atoms with Crippen molar-refractivity contribution in [1.29, 1.82) is 0 Å². The molecule has 1 N–H and O–H groups in total. The van der Waals surface area contributed by atoms with Crippen LogP contribution in [0.15, 0.2) is 42.5 Å². The maximum Gasteiger partial charge on any atom is 0.229 e. The van der Waals surface area contributed by atoms with E-state index in [-0.39, 0.29) is 24.2 Å². The van der Waals surface area contributed by atoms with Gasteiger partial charge in [0.25, 0.3) is 0 Å². The minimum Gasteiger partial charge on any atom is -0.338 e. The standard InChI is InChI=1S/C20H21ClN2O2/c1-13-4-3-5-14(2)19(13)22-20(25)16-10-18(24)23(12-16)11-15-6-8-17(21)9-7-15/h3-9,16H,10-12H2,1-2H3,(H,22,25). The molecule has 130 valence electrons. The van der Waals surface area contributed by atoms with Crippen LogP contribution in [0.5, 0.6) is 0 Å². The molecule has 3 rings (SSSR count). The molecule has 0 aromatic heterocycles. The highest BCUT2D eigenvalue weighted by Gasteiger charge is 2.34. The number of anilines is 1. The minimum atomic E-state index is -0.321. The Morgan fingerprint density at radius 3 is 2.44 bits per heavy atom. The number of benzene rings is 2. The SMILES string of the molecule is Cc1cccc(C)c1NC(=O)C1CC(=O)N(Cc2ccc(Cl)cc2)C1. The molecule has 1 aliphatic heterocycles. The smallest absolute Gasteiger partial charge is 0.229 e. The van der Waals surface area contributed by atoms with E-state index in [2.05, 4.69) is 5.32 Å². The summed E-state index contributed by atoms with van der Waals surface area (Å²) in [6.07, 6.45) is 0.254. The van der Waals surface area contributed by atoms with Gasteiger partial charge in [-0.1, -0.05) is 41.9 Å². The van der Waals surface area contributed by atoms with Crippen LogP contribution < -0.4 is 5.32 Å². The summed E-state index contributed by atoms with van der Waals surface area (Å²) in [7, 11) is 0. The van der Waals surface area contributed by atoms with E-state index in [1.807, 2.05) is 56.3 Å². The highest BCUT2D eigenvalue weighted by molar-refractivity contribution is 6.30. The van der Waals surface area contributed by atoms with Crippen molar-refractivity contribution in [1.82, 2.24) is 4.90 Å². The summed E-state index contributed by atoms with van der Waals surface area (Å²) in [6.45, 7) is 4.88. The van der Waals surface area contributed by atoms with Crippen LogP contribution in [0.3, 0.4) is 0 Å². The normalized spacial score (nSPS) is 17.0. The Labute approximate surface area is 152 Å². The predicted molar refractivity (Wildman–Crippen MR) is 99.5 cm³/mol. The minimum absolute atomic E-state index is 0.0107. The molecule has 0 spiro atoms. The first-order valence-electron chi connectivity index (χ1n) is 8.33. The second-order valence-electron chi connectivity index (χ2n) is 6.56. The van der Waals surface area contributed by atoms with Gasteiger partial charge in [0.05, 0.1) is 5.92 Å². The lowest BCUT2D eigenvalue weighted by atomic mass is 10.1. The molecule has 2 amide bonds. The summed E-state index contributed by atoms with van der Waals surface area (Å²) in [5.74, 6) is -0.403. The summed E-state index contributed by atoms with van der Waals surface area (Å²) in [4.78, 5) is 26.6. The van der Waals surface area contributed by atoms with E-state index in [4.69, 9.17) is 11.6 Å². The van der Waals surface area contributed by atoms with Crippen LogP contribution in [-0.2, 0) is 16.1 Å². The van der Waals surface area contributed by atoms with Crippen LogP contribution in [0.4, 0.5) is 5.69 Å². The first-order chi connectivity index (χ1) is 11.9. The Balaban J connectivity index is 1.65. The van der Waals surface area contributed by atoms with E-state index in [0.717, 1.165) is 22.4 Å². The zero-order valence-corrected chi connectivity index (χ0v) is 15.1. The molecule has 0 aliphatic carbocycles. The molecule has 4 nitrogen and oxygen atoms in total. The lowest BCUT2D eigenvalue weighted by Crippen LogP contribution is -2.28. The van der Waals surface area contributed by atoms with Gasteiger partial charge in [-0.2, -0.15) is 0 Å². The second-order valence-corrected chi connectivity index (χ2v) is 6.99. The largest absolute Gasteiger partial charge is 0.338 e. The van der Waals surface area contributed by atoms with Crippen molar-refractivity contribution < 1.29 is 9.59 Å². The van der Waals surface area contributed by atoms with Gasteiger partial charge in [-0.3, -0.25) is 9.59 Å². The molecular weight excluding hydrogens is 336 g/mol. The molecule has 2 aromatic carbocycles. The summed E-state index contributed by atoms with van der Waals surface area (Å²) in [5.41, 5.74) is 3.90. The number of hydrogen-bond acceptors (Lipinski definition) is 2. The van der Waals surface area contributed by atoms with Gasteiger partial charge < -0.3 is 10.2 Å². The van der Waals surface area contributed by atoms with Gasteiger partial charge in [-0.05, 0) is 42.7 Å². The molecule has 1 fully saturated rings. The van der Waals surface area contributed by atoms with E-state index < -0.39 is 0 Å². The van der Waals surface area contributed by atoms with Crippen LogP contribution in [0, 0.1) is 19.8 Å². The van der Waals surface area contributed by atoms with Gasteiger partial charge in [0, 0.05) is 30.2 Å². The number of nitrogens with one attached hydrogen (secondary N) is 1. The highest BCUT2D eigenvalue weighted by Crippen LogP contribution is 2.25. The molecule has 2 aromatic rings. The second kappa shape index (κ2) is 7.28. The van der Waals surface area contributed by atoms with Crippen molar-refractivity contribution >= 4 is 29.1 Å². The molecular formula is C20H21ClN2O2. The van der Waals surface area contributed by atoms with E-state index in [9.17, 15) is 9.59 Å². The van der Waals surface area contributed by atoms with Gasteiger partial charge >= 0.3 is 0 Å². The molecule has 1 aliphatic rings. The average Bonchev–Trinajstić information content (AvgIpc) is 2.94. The number of para-hydroxylation sites is 1. The third kappa shape index (κ3) is 4.02. The Bertz CT molecular complexity index is 782. The van der Waals surface area contributed by atoms with Gasteiger partial charge in [0.15, 0.2) is 0 Å². The Morgan fingerprint density at radius 1 is 1.16 bits per heavy atom. The number of rotatable bonds is 4. The molecule has 1 heterocycles. The van der Waals surface area contributed by atoms with Crippen LogP contribution in [0.1, 0.15) is 23.1 Å². The molecule has 0 saturated carbocycles. The first-order valence-corrected chi connectivity index (χ1v) is 8.71. The number of carbonyl (C=O) groups excluding carboxylic acids is 2. The number of carbonyl (C=O) groups is 2. The molecule has 0 bridgehead atoms. The Kier molecular flexibility index (Phi) is 5.09. The zero-order chi connectivity index (χ0) is 18.0. The summed E-state index contributed by atoms with van der Waals surface area (Å²) < 4.78 is 0. The van der Waals surface area contributed by atoms with Crippen molar-refractivity contribution in [3.05, 3.63) is 64.2 Å². The van der Waals surface area contributed by atoms with Crippen molar-refractivity contribution in [3.63, 3.8) is 0 Å². The molecule has 1 unspecified atom stereocenters. The fraction of sp³-hybridized carbons (Fsp3) is 0.300. The maximum atomic E-state index is 12.6. The zero-order valence-electron chi connectivity index (χ0n) is 14.4. The number of hydrogen-bond donors (Lipinski definition) is 1. The van der Waals surface area contributed by atoms with E-state index >= 15 is 0 Å². The number of likely N-dealkylation sites (tertiary alicyclic amines) is 1. The summed E-state index contributed by atoms with van der Waals surface area (Å²) >= 11 is 5.89. The number of aryl methyl sites for hydroxylation is 2. The van der Waals surface area contributed by atoms with E-state index in [1.54, 1.807) is 4.90 Å². The third-order valence-electron chi connectivity index (χ3n) is 4.60. The highest BCUT2D eigenvalue weighted by atomic mass is 35.5. The third-order valence-corrected chi connectivity index (χ3v) is 4.85. The molecule has 1 atom stereocenters. The van der Waals surface area contributed by atoms with Crippen molar-refractivity contribution in [3.8, 4) is 0 Å². The van der Waals surface area contributed by atoms with Gasteiger partial charge in [0.2, 0.25) is 11.8 Å². The number of halogens is 1. The Morgan fingerprint density at radius 2 is 1.80 bits per heavy atom. The average molecular weight is 357 g/mol. The molecule has 0 radical (unpaired) electrons. The summed E-state index contributed by atoms with van der Waals surface area (Å²) in [5, 5.41) is 3.67. The number of nitrogens with zero attached hydrogens (tertiary/aromatic N) is 1. The molecule has 25 heavy (non-hydrogen) atoms. The van der Waals surface area contributed by atoms with Crippen molar-refractivity contribution in [2.24, 2.45) is 5.92 Å². The molecule has 5 heteroatoms. The van der Waals surface area contributed by atoms with E-state index in [1.165, 1.54) is 0 Å². The van der Waals surface area contributed by atoms with Gasteiger partial charge in [-0.25, -0.2) is 0 Å². The predicted octanol–water partition coefficient (Wildman–Crippen LogP) is 3.94. The van der Waals surface area contributed by atoms with Crippen LogP contribution in [0.2, 0.25) is 5.02 Å². The first kappa shape index (κ1) is 17.5. The molecule has 1 saturated heterocycles. The van der Waals surface area contributed by atoms with Gasteiger partial charge in [0.1, 0.15) is 0 Å². The topological polar surface area (TPSA) is 49.4 Å². The Hall–Kier alpha value is -2.33. The quantitative estimate of drug-likeness (QED) is 0.901. The maximum absolute atomic E-state index is 12.6. The van der Waals surface area contributed by atoms with Crippen molar-refractivity contribution in [2.45, 2.75) is 26.8 Å². The van der Waals surface area contributed by atoms with Gasteiger partial charge in [-0.15, -0.1) is 0 Å². The van der Waals surface area contributed by atoms with E-state index in [0.29, 0.717) is 18.1 Å². The lowest BCUT2D eigenvalue weighted by Gasteiger charge is -2.17. The van der Waals surface area contributed by atoms with Crippen LogP contribution in [-0.4, -0.2) is 23.3 Å². The fourth-order valence-corrected chi connectivity index (χ4v) is 3.27. The lowest BCUT2D eigenvalue weighted by molar-refractivity contribution is -0.128. The van der Waals surface area contributed by atoms with Crippen LogP contribution >= 0.6 is 11.6 Å². The monoisotopic (exact) mass is 356 g/mol. The number of amides is 2. The van der Waals surface area contributed by atoms with Crippen molar-refractivity contribution in [2.75, 3.05) is 11.9 Å².